The number of aromatic amines is 1. The van der Waals surface area contributed by atoms with Gasteiger partial charge in [-0.3, -0.25) is 4.90 Å². The molecular formula is C25H32N4. The number of aromatic nitrogens is 1. The molecule has 0 radical (unpaired) electrons. The summed E-state index contributed by atoms with van der Waals surface area (Å²) < 4.78 is 0. The number of rotatable bonds is 4. The summed E-state index contributed by atoms with van der Waals surface area (Å²) in [7, 11) is 4.43. The van der Waals surface area contributed by atoms with Crippen molar-refractivity contribution in [3.63, 3.8) is 0 Å². The number of nitrogens with one attached hydrogen (secondary N) is 1. The van der Waals surface area contributed by atoms with E-state index in [9.17, 15) is 0 Å². The molecule has 1 aliphatic carbocycles. The van der Waals surface area contributed by atoms with Crippen LogP contribution < -0.4 is 4.90 Å². The molecule has 1 aliphatic heterocycles. The van der Waals surface area contributed by atoms with Crippen LogP contribution in [0.4, 0.5) is 5.69 Å². The van der Waals surface area contributed by atoms with Gasteiger partial charge in [-0.05, 0) is 56.6 Å². The number of para-hydroxylation sites is 2. The topological polar surface area (TPSA) is 25.5 Å². The molecule has 0 saturated carbocycles. The van der Waals surface area contributed by atoms with Gasteiger partial charge in [0.15, 0.2) is 0 Å². The van der Waals surface area contributed by atoms with Gasteiger partial charge in [0.2, 0.25) is 0 Å². The van der Waals surface area contributed by atoms with Crippen LogP contribution in [0.2, 0.25) is 0 Å². The molecule has 4 heteroatoms. The molecule has 1 atom stereocenters. The number of hydrogen-bond donors (Lipinski definition) is 1. The number of hydrogen-bond acceptors (Lipinski definition) is 3. The average molecular weight is 389 g/mol. The van der Waals surface area contributed by atoms with Crippen LogP contribution in [0.25, 0.3) is 10.9 Å². The Morgan fingerprint density at radius 1 is 0.966 bits per heavy atom. The van der Waals surface area contributed by atoms with Gasteiger partial charge in [0, 0.05) is 55.5 Å². The summed E-state index contributed by atoms with van der Waals surface area (Å²) in [4.78, 5) is 11.3. The zero-order chi connectivity index (χ0) is 19.8. The maximum absolute atomic E-state index is 3.81. The molecule has 4 nitrogen and oxygen atoms in total. The van der Waals surface area contributed by atoms with Crippen LogP contribution in [0.5, 0.6) is 0 Å². The zero-order valence-corrected chi connectivity index (χ0v) is 17.7. The molecule has 2 heterocycles. The number of fused-ring (bicyclic) bond motifs is 3. The van der Waals surface area contributed by atoms with Gasteiger partial charge in [0.05, 0.1) is 5.52 Å². The molecule has 1 fully saturated rings. The highest BCUT2D eigenvalue weighted by Gasteiger charge is 2.25. The molecule has 0 bridgehead atoms. The molecule has 2 aliphatic rings. The molecule has 0 amide bonds. The molecular weight excluding hydrogens is 356 g/mol. The van der Waals surface area contributed by atoms with Gasteiger partial charge < -0.3 is 14.8 Å². The minimum Gasteiger partial charge on any atom is -0.369 e. The molecule has 3 aromatic rings. The van der Waals surface area contributed by atoms with Gasteiger partial charge >= 0.3 is 0 Å². The standard InChI is InChI=1S/C25H32N4/c1-27(2)21-11-12-24-23(17-21)22-10-6-7-19(25(22)26-24)18-28-13-15-29(16-14-28)20-8-4-3-5-9-20/h3-10,21,26H,11-18H2,1-2H3. The van der Waals surface area contributed by atoms with Crippen molar-refractivity contribution in [1.29, 1.82) is 0 Å². The Kier molecular flexibility index (Phi) is 5.06. The minimum absolute atomic E-state index is 0.663. The predicted molar refractivity (Wildman–Crippen MR) is 122 cm³/mol. The summed E-state index contributed by atoms with van der Waals surface area (Å²) in [6.07, 6.45) is 3.59. The lowest BCUT2D eigenvalue weighted by atomic mass is 9.90. The predicted octanol–water partition coefficient (Wildman–Crippen LogP) is 3.91. The lowest BCUT2D eigenvalue weighted by Crippen LogP contribution is -2.45. The van der Waals surface area contributed by atoms with Crippen molar-refractivity contribution >= 4 is 16.6 Å². The van der Waals surface area contributed by atoms with Crippen molar-refractivity contribution in [3.8, 4) is 0 Å². The van der Waals surface area contributed by atoms with Crippen molar-refractivity contribution in [2.45, 2.75) is 31.8 Å². The number of piperazine rings is 1. The highest BCUT2D eigenvalue weighted by molar-refractivity contribution is 5.87. The molecule has 152 valence electrons. The Labute approximate surface area is 174 Å². The Morgan fingerprint density at radius 3 is 2.52 bits per heavy atom. The zero-order valence-electron chi connectivity index (χ0n) is 17.7. The highest BCUT2D eigenvalue weighted by Crippen LogP contribution is 2.32. The number of aryl methyl sites for hydroxylation is 1. The Balaban J connectivity index is 1.32. The van der Waals surface area contributed by atoms with Gasteiger partial charge in [-0.2, -0.15) is 0 Å². The summed E-state index contributed by atoms with van der Waals surface area (Å²) >= 11 is 0. The lowest BCUT2D eigenvalue weighted by Gasteiger charge is -2.36. The second kappa shape index (κ2) is 7.85. The fraction of sp³-hybridized carbons (Fsp3) is 0.440. The second-order valence-corrected chi connectivity index (χ2v) is 8.88. The first kappa shape index (κ1) is 18.7. The molecule has 0 spiro atoms. The van der Waals surface area contributed by atoms with E-state index in [0.717, 1.165) is 32.7 Å². The Morgan fingerprint density at radius 2 is 1.76 bits per heavy atom. The first-order chi connectivity index (χ1) is 14.2. The molecule has 2 aromatic carbocycles. The van der Waals surface area contributed by atoms with E-state index in [2.05, 4.69) is 82.3 Å². The first-order valence-corrected chi connectivity index (χ1v) is 11.0. The fourth-order valence-electron chi connectivity index (χ4n) is 5.10. The summed E-state index contributed by atoms with van der Waals surface area (Å²) in [5, 5.41) is 1.45. The smallest absolute Gasteiger partial charge is 0.0504 e. The number of likely N-dealkylation sites (N-methyl/N-ethyl adjacent to an activating group) is 1. The Bertz CT molecular complexity index is 967. The van der Waals surface area contributed by atoms with Gasteiger partial charge in [-0.15, -0.1) is 0 Å². The van der Waals surface area contributed by atoms with Gasteiger partial charge in [0.1, 0.15) is 0 Å². The largest absolute Gasteiger partial charge is 0.369 e. The maximum Gasteiger partial charge on any atom is 0.0504 e. The van der Waals surface area contributed by atoms with Crippen LogP contribution in [0.3, 0.4) is 0 Å². The van der Waals surface area contributed by atoms with Crippen LogP contribution >= 0.6 is 0 Å². The van der Waals surface area contributed by atoms with E-state index in [1.54, 1.807) is 5.56 Å². The minimum atomic E-state index is 0.663. The fourth-order valence-corrected chi connectivity index (χ4v) is 5.10. The summed E-state index contributed by atoms with van der Waals surface area (Å²) in [6.45, 7) is 5.48. The lowest BCUT2D eigenvalue weighted by molar-refractivity contribution is 0.250. The normalized spacial score (nSPS) is 20.4. The van der Waals surface area contributed by atoms with Crippen LogP contribution in [-0.2, 0) is 19.4 Å². The van der Waals surface area contributed by atoms with E-state index >= 15 is 0 Å². The molecule has 29 heavy (non-hydrogen) atoms. The molecule has 1 aromatic heterocycles. The number of nitrogens with zero attached hydrogens (tertiary/aromatic N) is 3. The van der Waals surface area contributed by atoms with E-state index in [1.165, 1.54) is 47.1 Å². The maximum atomic E-state index is 3.81. The number of anilines is 1. The summed E-state index contributed by atoms with van der Waals surface area (Å²) in [6, 6.07) is 18.4. The van der Waals surface area contributed by atoms with Gasteiger partial charge in [-0.1, -0.05) is 36.4 Å². The van der Waals surface area contributed by atoms with Crippen LogP contribution in [0, 0.1) is 0 Å². The molecule has 1 N–H and O–H groups in total. The summed E-state index contributed by atoms with van der Waals surface area (Å²) in [5.74, 6) is 0. The third-order valence-corrected chi connectivity index (χ3v) is 6.90. The number of benzene rings is 2. The molecule has 1 unspecified atom stereocenters. The molecule has 5 rings (SSSR count). The van der Waals surface area contributed by atoms with Crippen molar-refractivity contribution in [3.05, 3.63) is 65.4 Å². The quantitative estimate of drug-likeness (QED) is 0.734. The van der Waals surface area contributed by atoms with Crippen molar-refractivity contribution in [2.75, 3.05) is 45.2 Å². The second-order valence-electron chi connectivity index (χ2n) is 8.88. The SMILES string of the molecule is CN(C)C1CCc2[nH]c3c(CN4CCN(c5ccccc5)CC4)cccc3c2C1. The van der Waals surface area contributed by atoms with Crippen LogP contribution in [0.1, 0.15) is 23.2 Å². The van der Waals surface area contributed by atoms with Crippen molar-refractivity contribution in [2.24, 2.45) is 0 Å². The van der Waals surface area contributed by atoms with E-state index in [0.29, 0.717) is 6.04 Å². The van der Waals surface area contributed by atoms with Crippen LogP contribution in [0.15, 0.2) is 48.5 Å². The van der Waals surface area contributed by atoms with E-state index < -0.39 is 0 Å². The highest BCUT2D eigenvalue weighted by atomic mass is 15.3. The van der Waals surface area contributed by atoms with Gasteiger partial charge in [-0.25, -0.2) is 0 Å². The van der Waals surface area contributed by atoms with E-state index in [-0.39, 0.29) is 0 Å². The molecule has 1 saturated heterocycles. The third kappa shape index (κ3) is 3.67. The number of H-pyrrole nitrogens is 1. The Hall–Kier alpha value is -2.30. The average Bonchev–Trinajstić information content (AvgIpc) is 3.14. The van der Waals surface area contributed by atoms with E-state index in [1.807, 2.05) is 0 Å². The first-order valence-electron chi connectivity index (χ1n) is 11.0. The third-order valence-electron chi connectivity index (χ3n) is 6.90. The van der Waals surface area contributed by atoms with Crippen LogP contribution in [-0.4, -0.2) is 61.1 Å². The van der Waals surface area contributed by atoms with Gasteiger partial charge in [0.25, 0.3) is 0 Å². The van der Waals surface area contributed by atoms with E-state index in [4.69, 9.17) is 0 Å². The monoisotopic (exact) mass is 388 g/mol. The van der Waals surface area contributed by atoms with Crippen molar-refractivity contribution < 1.29 is 0 Å². The summed E-state index contributed by atoms with van der Waals surface area (Å²) in [5.41, 5.74) is 7.20. The van der Waals surface area contributed by atoms with Crippen molar-refractivity contribution in [1.82, 2.24) is 14.8 Å².